The monoisotopic (exact) mass is 442 g/mol. The van der Waals surface area contributed by atoms with E-state index in [9.17, 15) is 5.26 Å². The Morgan fingerprint density at radius 2 is 1.94 bits per heavy atom. The number of anilines is 1. The summed E-state index contributed by atoms with van der Waals surface area (Å²) in [5.41, 5.74) is 8.93. The Hall–Kier alpha value is -4.39. The number of rotatable bonds is 8. The number of pyridine rings is 1. The summed E-state index contributed by atoms with van der Waals surface area (Å²) in [5, 5.41) is 29.1. The van der Waals surface area contributed by atoms with Gasteiger partial charge >= 0.3 is 0 Å². The SMILES string of the molecule is CCNC(=NCc1nnc2ccccn12)NCCCc1nn(-c2ccccc2)c(N)c1C#N. The Bertz CT molecular complexity index is 1280. The van der Waals surface area contributed by atoms with E-state index in [4.69, 9.17) is 5.73 Å². The van der Waals surface area contributed by atoms with Crippen molar-refractivity contribution in [3.63, 3.8) is 0 Å². The molecule has 3 heterocycles. The quantitative estimate of drug-likeness (QED) is 0.216. The Balaban J connectivity index is 1.38. The average molecular weight is 443 g/mol. The number of nitrogens with two attached hydrogens (primary N) is 1. The normalized spacial score (nSPS) is 11.5. The molecule has 0 atom stereocenters. The molecule has 0 aliphatic heterocycles. The van der Waals surface area contributed by atoms with Crippen molar-refractivity contribution in [1.29, 1.82) is 5.26 Å². The molecule has 168 valence electrons. The Kier molecular flexibility index (Phi) is 6.80. The molecule has 10 heteroatoms. The van der Waals surface area contributed by atoms with Crippen molar-refractivity contribution < 1.29 is 0 Å². The number of aryl methyl sites for hydroxylation is 1. The molecule has 0 amide bonds. The number of hydrogen-bond donors (Lipinski definition) is 3. The summed E-state index contributed by atoms with van der Waals surface area (Å²) >= 11 is 0. The van der Waals surface area contributed by atoms with Gasteiger partial charge in [-0.05, 0) is 44.0 Å². The van der Waals surface area contributed by atoms with Gasteiger partial charge in [0.15, 0.2) is 17.4 Å². The molecule has 0 aliphatic rings. The second kappa shape index (κ2) is 10.3. The highest BCUT2D eigenvalue weighted by molar-refractivity contribution is 5.79. The van der Waals surface area contributed by atoms with Gasteiger partial charge in [-0.25, -0.2) is 9.67 Å². The topological polar surface area (TPSA) is 134 Å². The average Bonchev–Trinajstić information content (AvgIpc) is 3.41. The summed E-state index contributed by atoms with van der Waals surface area (Å²) in [4.78, 5) is 4.62. The number of para-hydroxylation sites is 1. The highest BCUT2D eigenvalue weighted by Crippen LogP contribution is 2.21. The Morgan fingerprint density at radius 1 is 1.12 bits per heavy atom. The maximum absolute atomic E-state index is 9.57. The van der Waals surface area contributed by atoms with Crippen molar-refractivity contribution in [2.45, 2.75) is 26.3 Å². The Labute approximate surface area is 191 Å². The lowest BCUT2D eigenvalue weighted by atomic mass is 10.1. The van der Waals surface area contributed by atoms with E-state index in [1.807, 2.05) is 66.1 Å². The summed E-state index contributed by atoms with van der Waals surface area (Å²) in [5.74, 6) is 1.82. The number of fused-ring (bicyclic) bond motifs is 1. The summed E-state index contributed by atoms with van der Waals surface area (Å²) in [6, 6.07) is 17.5. The van der Waals surface area contributed by atoms with Crippen molar-refractivity contribution in [3.05, 3.63) is 71.8 Å². The van der Waals surface area contributed by atoms with Crippen LogP contribution in [0.4, 0.5) is 5.82 Å². The van der Waals surface area contributed by atoms with Crippen LogP contribution in [-0.2, 0) is 13.0 Å². The number of aliphatic imine (C=N–C) groups is 1. The molecule has 33 heavy (non-hydrogen) atoms. The van der Waals surface area contributed by atoms with Crippen molar-refractivity contribution in [2.24, 2.45) is 4.99 Å². The van der Waals surface area contributed by atoms with Crippen LogP contribution in [0.25, 0.3) is 11.3 Å². The molecule has 0 saturated heterocycles. The molecule has 3 aromatic heterocycles. The van der Waals surface area contributed by atoms with Crippen molar-refractivity contribution in [3.8, 4) is 11.8 Å². The van der Waals surface area contributed by atoms with E-state index in [0.29, 0.717) is 42.5 Å². The molecule has 0 fully saturated rings. The van der Waals surface area contributed by atoms with Crippen LogP contribution >= 0.6 is 0 Å². The van der Waals surface area contributed by atoms with Gasteiger partial charge in [-0.15, -0.1) is 10.2 Å². The van der Waals surface area contributed by atoms with Gasteiger partial charge in [-0.1, -0.05) is 24.3 Å². The third-order valence-corrected chi connectivity index (χ3v) is 5.10. The molecule has 1 aromatic carbocycles. The van der Waals surface area contributed by atoms with Crippen LogP contribution in [0.3, 0.4) is 0 Å². The largest absolute Gasteiger partial charge is 0.382 e. The number of aromatic nitrogens is 5. The van der Waals surface area contributed by atoms with Crippen LogP contribution < -0.4 is 16.4 Å². The standard InChI is InChI=1S/C23H26N10/c1-2-26-23(28-16-21-30-29-20-12-6-7-14-32(20)21)27-13-8-11-19-18(15-24)22(25)33(31-19)17-9-4-3-5-10-17/h3-7,9-10,12,14H,2,8,11,13,16,25H2,1H3,(H2,26,27,28). The van der Waals surface area contributed by atoms with Gasteiger partial charge in [0.25, 0.3) is 0 Å². The van der Waals surface area contributed by atoms with Gasteiger partial charge < -0.3 is 16.4 Å². The first kappa shape index (κ1) is 21.8. The molecule has 4 N–H and O–H groups in total. The van der Waals surface area contributed by atoms with E-state index in [1.54, 1.807) is 4.68 Å². The highest BCUT2D eigenvalue weighted by Gasteiger charge is 2.16. The highest BCUT2D eigenvalue weighted by atomic mass is 15.3. The number of guanidine groups is 1. The second-order valence-corrected chi connectivity index (χ2v) is 7.34. The molecule has 0 spiro atoms. The van der Waals surface area contributed by atoms with E-state index in [0.717, 1.165) is 30.1 Å². The first-order valence-electron chi connectivity index (χ1n) is 10.8. The minimum absolute atomic E-state index is 0.363. The molecular weight excluding hydrogens is 416 g/mol. The fourth-order valence-electron chi connectivity index (χ4n) is 3.49. The molecule has 0 radical (unpaired) electrons. The number of nitriles is 1. The molecule has 0 unspecified atom stereocenters. The van der Waals surface area contributed by atoms with Crippen molar-refractivity contribution >= 4 is 17.4 Å². The number of nitrogen functional groups attached to an aromatic ring is 1. The van der Waals surface area contributed by atoms with E-state index in [1.165, 1.54) is 0 Å². The zero-order valence-corrected chi connectivity index (χ0v) is 18.4. The summed E-state index contributed by atoms with van der Waals surface area (Å²) in [6.45, 7) is 3.82. The van der Waals surface area contributed by atoms with Gasteiger partial charge in [-0.2, -0.15) is 10.4 Å². The number of nitrogens with one attached hydrogen (secondary N) is 2. The summed E-state index contributed by atoms with van der Waals surface area (Å²) in [7, 11) is 0. The third-order valence-electron chi connectivity index (χ3n) is 5.10. The molecule has 0 saturated carbocycles. The first-order valence-corrected chi connectivity index (χ1v) is 10.8. The lowest BCUT2D eigenvalue weighted by Gasteiger charge is -2.10. The van der Waals surface area contributed by atoms with Crippen LogP contribution in [0.2, 0.25) is 0 Å². The summed E-state index contributed by atoms with van der Waals surface area (Å²) in [6.07, 6.45) is 3.31. The van der Waals surface area contributed by atoms with Gasteiger partial charge in [0.1, 0.15) is 24.0 Å². The van der Waals surface area contributed by atoms with Crippen LogP contribution in [0.1, 0.15) is 30.4 Å². The van der Waals surface area contributed by atoms with Crippen LogP contribution in [0.15, 0.2) is 59.7 Å². The van der Waals surface area contributed by atoms with Gasteiger partial charge in [-0.3, -0.25) is 4.40 Å². The molecular formula is C23H26N10. The fourth-order valence-corrected chi connectivity index (χ4v) is 3.49. The van der Waals surface area contributed by atoms with E-state index in [2.05, 4.69) is 37.0 Å². The minimum Gasteiger partial charge on any atom is -0.382 e. The van der Waals surface area contributed by atoms with Gasteiger partial charge in [0.05, 0.1) is 11.4 Å². The van der Waals surface area contributed by atoms with E-state index >= 15 is 0 Å². The maximum atomic E-state index is 9.57. The summed E-state index contributed by atoms with van der Waals surface area (Å²) < 4.78 is 3.54. The fraction of sp³-hybridized carbons (Fsp3) is 0.261. The smallest absolute Gasteiger partial charge is 0.191 e. The zero-order chi connectivity index (χ0) is 23.0. The second-order valence-electron chi connectivity index (χ2n) is 7.34. The maximum Gasteiger partial charge on any atom is 0.191 e. The number of hydrogen-bond acceptors (Lipinski definition) is 6. The molecule has 4 aromatic rings. The lowest BCUT2D eigenvalue weighted by Crippen LogP contribution is -2.38. The number of benzene rings is 1. The van der Waals surface area contributed by atoms with Gasteiger partial charge in [0.2, 0.25) is 0 Å². The van der Waals surface area contributed by atoms with Gasteiger partial charge in [0, 0.05) is 19.3 Å². The van der Waals surface area contributed by atoms with Crippen LogP contribution in [-0.4, -0.2) is 43.4 Å². The predicted molar refractivity (Wildman–Crippen MR) is 127 cm³/mol. The number of nitrogens with zero attached hydrogens (tertiary/aromatic N) is 7. The third kappa shape index (κ3) is 4.93. The van der Waals surface area contributed by atoms with Crippen molar-refractivity contribution in [2.75, 3.05) is 18.8 Å². The van der Waals surface area contributed by atoms with Crippen molar-refractivity contribution in [1.82, 2.24) is 35.0 Å². The van der Waals surface area contributed by atoms with E-state index in [-0.39, 0.29) is 0 Å². The van der Waals surface area contributed by atoms with E-state index < -0.39 is 0 Å². The van der Waals surface area contributed by atoms with Crippen LogP contribution in [0, 0.1) is 11.3 Å². The lowest BCUT2D eigenvalue weighted by molar-refractivity contribution is 0.720. The molecule has 10 nitrogen and oxygen atoms in total. The Morgan fingerprint density at radius 3 is 2.73 bits per heavy atom. The molecule has 0 bridgehead atoms. The minimum atomic E-state index is 0.363. The zero-order valence-electron chi connectivity index (χ0n) is 18.4. The molecule has 0 aliphatic carbocycles. The predicted octanol–water partition coefficient (Wildman–Crippen LogP) is 2.06. The van der Waals surface area contributed by atoms with Crippen LogP contribution in [0.5, 0.6) is 0 Å². The molecule has 4 rings (SSSR count). The first-order chi connectivity index (χ1) is 16.2.